The summed E-state index contributed by atoms with van der Waals surface area (Å²) in [6.45, 7) is 4.14. The molecule has 0 bridgehead atoms. The van der Waals surface area contributed by atoms with Crippen molar-refractivity contribution in [3.63, 3.8) is 0 Å². The zero-order valence-corrected chi connectivity index (χ0v) is 14.4. The fraction of sp³-hybridized carbons (Fsp3) is 0.368. The molecule has 2 heterocycles. The van der Waals surface area contributed by atoms with E-state index in [9.17, 15) is 4.79 Å². The lowest BCUT2D eigenvalue weighted by Gasteiger charge is -2.34. The van der Waals surface area contributed by atoms with Crippen LogP contribution in [0.2, 0.25) is 0 Å². The molecule has 1 aromatic heterocycles. The number of carbonyl (C=O) groups is 1. The van der Waals surface area contributed by atoms with E-state index in [2.05, 4.69) is 9.88 Å². The van der Waals surface area contributed by atoms with Gasteiger partial charge < -0.3 is 14.4 Å². The van der Waals surface area contributed by atoms with Gasteiger partial charge in [-0.25, -0.2) is 0 Å². The SMILES string of the molecule is COc1cccc(OCC(=O)N2CCN(Cc3ccncc3)CC2)c1. The summed E-state index contributed by atoms with van der Waals surface area (Å²) in [5.41, 5.74) is 1.25. The number of nitrogens with zero attached hydrogens (tertiary/aromatic N) is 3. The van der Waals surface area contributed by atoms with Gasteiger partial charge in [0.1, 0.15) is 11.5 Å². The summed E-state index contributed by atoms with van der Waals surface area (Å²) in [5.74, 6) is 1.38. The van der Waals surface area contributed by atoms with Gasteiger partial charge in [0.2, 0.25) is 0 Å². The van der Waals surface area contributed by atoms with E-state index in [1.54, 1.807) is 13.2 Å². The van der Waals surface area contributed by atoms with Crippen LogP contribution in [0.4, 0.5) is 0 Å². The van der Waals surface area contributed by atoms with Crippen molar-refractivity contribution < 1.29 is 14.3 Å². The molecular weight excluding hydrogens is 318 g/mol. The highest BCUT2D eigenvalue weighted by Crippen LogP contribution is 2.19. The third-order valence-corrected chi connectivity index (χ3v) is 4.28. The largest absolute Gasteiger partial charge is 0.497 e. The van der Waals surface area contributed by atoms with Crippen molar-refractivity contribution in [3.05, 3.63) is 54.4 Å². The van der Waals surface area contributed by atoms with E-state index in [1.807, 2.05) is 47.6 Å². The van der Waals surface area contributed by atoms with Crippen LogP contribution in [-0.4, -0.2) is 60.6 Å². The second kappa shape index (κ2) is 8.48. The molecule has 0 saturated carbocycles. The highest BCUT2D eigenvalue weighted by molar-refractivity contribution is 5.77. The summed E-state index contributed by atoms with van der Waals surface area (Å²) in [4.78, 5) is 20.6. The molecule has 1 aliphatic rings. The molecule has 1 amide bonds. The molecular formula is C19H23N3O3. The zero-order valence-electron chi connectivity index (χ0n) is 14.4. The van der Waals surface area contributed by atoms with Gasteiger partial charge in [0.25, 0.3) is 5.91 Å². The van der Waals surface area contributed by atoms with Crippen molar-refractivity contribution in [1.82, 2.24) is 14.8 Å². The Bertz CT molecular complexity index is 685. The molecule has 0 atom stereocenters. The maximum atomic E-state index is 12.3. The van der Waals surface area contributed by atoms with Gasteiger partial charge in [-0.1, -0.05) is 6.07 Å². The predicted octanol–water partition coefficient (Wildman–Crippen LogP) is 1.81. The van der Waals surface area contributed by atoms with Gasteiger partial charge >= 0.3 is 0 Å². The van der Waals surface area contributed by atoms with E-state index < -0.39 is 0 Å². The molecule has 0 spiro atoms. The smallest absolute Gasteiger partial charge is 0.260 e. The van der Waals surface area contributed by atoms with Gasteiger partial charge in [0.05, 0.1) is 7.11 Å². The van der Waals surface area contributed by atoms with Crippen LogP contribution in [0.3, 0.4) is 0 Å². The van der Waals surface area contributed by atoms with Crippen molar-refractivity contribution >= 4 is 5.91 Å². The van der Waals surface area contributed by atoms with Crippen LogP contribution >= 0.6 is 0 Å². The molecule has 1 saturated heterocycles. The molecule has 0 N–H and O–H groups in total. The molecule has 6 heteroatoms. The maximum Gasteiger partial charge on any atom is 0.260 e. The lowest BCUT2D eigenvalue weighted by molar-refractivity contribution is -0.135. The average molecular weight is 341 g/mol. The molecule has 1 aromatic carbocycles. The third-order valence-electron chi connectivity index (χ3n) is 4.28. The fourth-order valence-electron chi connectivity index (χ4n) is 2.83. The van der Waals surface area contributed by atoms with Crippen LogP contribution in [0, 0.1) is 0 Å². The summed E-state index contributed by atoms with van der Waals surface area (Å²) in [6.07, 6.45) is 3.62. The van der Waals surface area contributed by atoms with E-state index >= 15 is 0 Å². The van der Waals surface area contributed by atoms with Crippen molar-refractivity contribution in [2.24, 2.45) is 0 Å². The first-order chi connectivity index (χ1) is 12.2. The van der Waals surface area contributed by atoms with Crippen LogP contribution in [0.1, 0.15) is 5.56 Å². The Hall–Kier alpha value is -2.60. The minimum absolute atomic E-state index is 0.0198. The number of hydrogen-bond acceptors (Lipinski definition) is 5. The average Bonchev–Trinajstić information content (AvgIpc) is 2.67. The Morgan fingerprint density at radius 3 is 2.52 bits per heavy atom. The lowest BCUT2D eigenvalue weighted by Crippen LogP contribution is -2.49. The van der Waals surface area contributed by atoms with Gasteiger partial charge in [-0.15, -0.1) is 0 Å². The molecule has 132 valence electrons. The van der Waals surface area contributed by atoms with Crippen molar-refractivity contribution in [1.29, 1.82) is 0 Å². The number of aromatic nitrogens is 1. The number of rotatable bonds is 6. The Morgan fingerprint density at radius 2 is 1.80 bits per heavy atom. The minimum Gasteiger partial charge on any atom is -0.497 e. The molecule has 25 heavy (non-hydrogen) atoms. The lowest BCUT2D eigenvalue weighted by atomic mass is 10.2. The molecule has 1 fully saturated rings. The first-order valence-corrected chi connectivity index (χ1v) is 8.40. The Labute approximate surface area is 148 Å². The van der Waals surface area contributed by atoms with Gasteiger partial charge in [-0.2, -0.15) is 0 Å². The van der Waals surface area contributed by atoms with Crippen molar-refractivity contribution in [2.45, 2.75) is 6.54 Å². The summed E-state index contributed by atoms with van der Waals surface area (Å²) in [5, 5.41) is 0. The topological polar surface area (TPSA) is 54.9 Å². The van der Waals surface area contributed by atoms with E-state index in [1.165, 1.54) is 5.56 Å². The normalized spacial score (nSPS) is 15.0. The standard InChI is InChI=1S/C19H23N3O3/c1-24-17-3-2-4-18(13-17)25-15-19(23)22-11-9-21(10-12-22)14-16-5-7-20-8-6-16/h2-8,13H,9-12,14-15H2,1H3. The number of ether oxygens (including phenoxy) is 2. The molecule has 0 unspecified atom stereocenters. The highest BCUT2D eigenvalue weighted by Gasteiger charge is 2.21. The van der Waals surface area contributed by atoms with Crippen LogP contribution in [-0.2, 0) is 11.3 Å². The number of methoxy groups -OCH3 is 1. The first kappa shape index (κ1) is 17.2. The van der Waals surface area contributed by atoms with Crippen LogP contribution in [0.15, 0.2) is 48.8 Å². The summed E-state index contributed by atoms with van der Waals surface area (Å²) >= 11 is 0. The number of benzene rings is 1. The monoisotopic (exact) mass is 341 g/mol. The van der Waals surface area contributed by atoms with Crippen molar-refractivity contribution in [3.8, 4) is 11.5 Å². The van der Waals surface area contributed by atoms with Crippen LogP contribution in [0.5, 0.6) is 11.5 Å². The number of hydrogen-bond donors (Lipinski definition) is 0. The first-order valence-electron chi connectivity index (χ1n) is 8.40. The molecule has 2 aromatic rings. The van der Waals surface area contributed by atoms with Gasteiger partial charge in [-0.05, 0) is 29.8 Å². The summed E-state index contributed by atoms with van der Waals surface area (Å²) in [6, 6.07) is 11.3. The molecule has 3 rings (SSSR count). The van der Waals surface area contributed by atoms with E-state index in [4.69, 9.17) is 9.47 Å². The quantitative estimate of drug-likeness (QED) is 0.802. The molecule has 0 radical (unpaired) electrons. The summed E-state index contributed by atoms with van der Waals surface area (Å²) in [7, 11) is 1.61. The fourth-order valence-corrected chi connectivity index (χ4v) is 2.83. The van der Waals surface area contributed by atoms with E-state index in [0.29, 0.717) is 5.75 Å². The van der Waals surface area contributed by atoms with Gasteiger partial charge in [0, 0.05) is 51.2 Å². The summed E-state index contributed by atoms with van der Waals surface area (Å²) < 4.78 is 10.7. The van der Waals surface area contributed by atoms with Gasteiger partial charge in [0.15, 0.2) is 6.61 Å². The maximum absolute atomic E-state index is 12.3. The zero-order chi connectivity index (χ0) is 17.5. The van der Waals surface area contributed by atoms with E-state index in [0.717, 1.165) is 38.5 Å². The van der Waals surface area contributed by atoms with E-state index in [-0.39, 0.29) is 12.5 Å². The number of carbonyl (C=O) groups excluding carboxylic acids is 1. The van der Waals surface area contributed by atoms with Crippen LogP contribution < -0.4 is 9.47 Å². The van der Waals surface area contributed by atoms with Crippen LogP contribution in [0.25, 0.3) is 0 Å². The Balaban J connectivity index is 1.43. The molecule has 1 aliphatic heterocycles. The highest BCUT2D eigenvalue weighted by atomic mass is 16.5. The molecule has 0 aliphatic carbocycles. The Morgan fingerprint density at radius 1 is 1.08 bits per heavy atom. The third kappa shape index (κ3) is 4.93. The number of amides is 1. The van der Waals surface area contributed by atoms with Gasteiger partial charge in [-0.3, -0.25) is 14.7 Å². The Kier molecular flexibility index (Phi) is 5.85. The molecule has 6 nitrogen and oxygen atoms in total. The van der Waals surface area contributed by atoms with Crippen molar-refractivity contribution in [2.75, 3.05) is 39.9 Å². The second-order valence-corrected chi connectivity index (χ2v) is 5.98. The predicted molar refractivity (Wildman–Crippen MR) is 94.6 cm³/mol. The number of pyridine rings is 1. The number of piperazine rings is 1. The second-order valence-electron chi connectivity index (χ2n) is 5.98. The minimum atomic E-state index is 0.0198.